The molecule has 0 bridgehead atoms. The third-order valence-electron chi connectivity index (χ3n) is 1.48. The lowest BCUT2D eigenvalue weighted by atomic mass is 10.2. The number of nitrogens with zero attached hydrogens (tertiary/aromatic N) is 1. The Kier molecular flexibility index (Phi) is 1.78. The summed E-state index contributed by atoms with van der Waals surface area (Å²) in [5, 5.41) is 8.46. The second-order valence-electron chi connectivity index (χ2n) is 2.33. The molecule has 0 aliphatic heterocycles. The fraction of sp³-hybridized carbons (Fsp3) is 0.800. The quantitative estimate of drug-likeness (QED) is 0.574. The first kappa shape index (κ1) is 7.04. The van der Waals surface area contributed by atoms with E-state index in [0.717, 1.165) is 12.8 Å². The molecule has 0 amide bonds. The Bertz CT molecular complexity index is 182. The van der Waals surface area contributed by atoms with Crippen LogP contribution in [0.3, 0.4) is 0 Å². The highest BCUT2D eigenvalue weighted by Gasteiger charge is 2.44. The molecular weight excluding hydrogens is 158 g/mol. The van der Waals surface area contributed by atoms with E-state index in [-0.39, 0.29) is 5.41 Å². The normalized spacial score (nSPS) is 24.4. The van der Waals surface area contributed by atoms with E-state index in [1.54, 1.807) is 0 Å². The van der Waals surface area contributed by atoms with Crippen molar-refractivity contribution in [3.05, 3.63) is 0 Å². The zero-order valence-corrected chi connectivity index (χ0v) is 6.34. The highest BCUT2D eigenvalue weighted by molar-refractivity contribution is 8.08. The van der Waals surface area contributed by atoms with Gasteiger partial charge in [0.15, 0.2) is 0 Å². The lowest BCUT2D eigenvalue weighted by Gasteiger charge is -1.96. The van der Waals surface area contributed by atoms with Crippen LogP contribution in [0.5, 0.6) is 0 Å². The summed E-state index contributed by atoms with van der Waals surface area (Å²) in [5.74, 6) is 0.338. The average Bonchev–Trinajstić information content (AvgIpc) is 2.48. The van der Waals surface area contributed by atoms with Crippen LogP contribution in [0.1, 0.15) is 12.8 Å². The van der Waals surface area contributed by atoms with Crippen LogP contribution in [0, 0.1) is 16.7 Å². The minimum atomic E-state index is -1.32. The molecule has 0 radical (unpaired) electrons. The zero-order chi connectivity index (χ0) is 6.91. The van der Waals surface area contributed by atoms with Gasteiger partial charge in [-0.2, -0.15) is 5.26 Å². The Labute approximate surface area is 60.8 Å². The highest BCUT2D eigenvalue weighted by atomic mass is 35.7. The van der Waals surface area contributed by atoms with E-state index in [1.165, 1.54) is 0 Å². The lowest BCUT2D eigenvalue weighted by molar-refractivity contribution is 0.677. The van der Waals surface area contributed by atoms with E-state index in [0.29, 0.717) is 5.75 Å². The predicted molar refractivity (Wildman–Crippen MR) is 36.1 cm³/mol. The monoisotopic (exact) mass is 163 g/mol. The molecule has 0 heterocycles. The van der Waals surface area contributed by atoms with Crippen molar-refractivity contribution in [2.45, 2.75) is 12.8 Å². The molecular formula is C5H6ClNOS. The molecule has 0 aromatic heterocycles. The summed E-state index contributed by atoms with van der Waals surface area (Å²) in [6.45, 7) is 0. The molecule has 50 valence electrons. The van der Waals surface area contributed by atoms with Gasteiger partial charge < -0.3 is 0 Å². The van der Waals surface area contributed by atoms with Gasteiger partial charge in [-0.05, 0) is 23.5 Å². The third-order valence-corrected chi connectivity index (χ3v) is 2.59. The molecule has 0 N–H and O–H groups in total. The number of rotatable bonds is 2. The minimum Gasteiger partial charge on any atom is -0.243 e. The van der Waals surface area contributed by atoms with Gasteiger partial charge in [-0.3, -0.25) is 0 Å². The standard InChI is InChI=1S/C5H6ClNOS/c6-9(8)4-5(3-7)1-2-5/h1-2,4H2. The molecule has 1 fully saturated rings. The van der Waals surface area contributed by atoms with Gasteiger partial charge in [-0.25, -0.2) is 4.21 Å². The maximum Gasteiger partial charge on any atom is 0.116 e. The van der Waals surface area contributed by atoms with Crippen LogP contribution in [0.2, 0.25) is 0 Å². The maximum absolute atomic E-state index is 10.4. The van der Waals surface area contributed by atoms with Crippen LogP contribution in [-0.4, -0.2) is 9.96 Å². The van der Waals surface area contributed by atoms with Gasteiger partial charge in [0, 0.05) is 0 Å². The van der Waals surface area contributed by atoms with E-state index < -0.39 is 10.0 Å². The molecule has 4 heteroatoms. The summed E-state index contributed by atoms with van der Waals surface area (Å²) in [6, 6.07) is 2.11. The molecule has 1 unspecified atom stereocenters. The van der Waals surface area contributed by atoms with Gasteiger partial charge in [0.2, 0.25) is 0 Å². The summed E-state index contributed by atoms with van der Waals surface area (Å²) in [7, 11) is 3.88. The Morgan fingerprint density at radius 3 is 2.44 bits per heavy atom. The van der Waals surface area contributed by atoms with E-state index >= 15 is 0 Å². The number of hydrogen-bond acceptors (Lipinski definition) is 2. The predicted octanol–water partition coefficient (Wildman–Crippen LogP) is 1.19. The smallest absolute Gasteiger partial charge is 0.116 e. The van der Waals surface area contributed by atoms with Crippen molar-refractivity contribution in [1.82, 2.24) is 0 Å². The van der Waals surface area contributed by atoms with E-state index in [1.807, 2.05) is 0 Å². The summed E-state index contributed by atoms with van der Waals surface area (Å²) in [4.78, 5) is 0. The van der Waals surface area contributed by atoms with Crippen molar-refractivity contribution in [3.8, 4) is 6.07 Å². The van der Waals surface area contributed by atoms with E-state index in [4.69, 9.17) is 15.9 Å². The molecule has 2 nitrogen and oxygen atoms in total. The SMILES string of the molecule is N#CC1(CS(=O)Cl)CC1. The van der Waals surface area contributed by atoms with Crippen LogP contribution in [-0.2, 0) is 10.0 Å². The summed E-state index contributed by atoms with van der Waals surface area (Å²) in [5.41, 5.74) is -0.313. The lowest BCUT2D eigenvalue weighted by Crippen LogP contribution is -2.05. The Hall–Kier alpha value is -0.0700. The Morgan fingerprint density at radius 1 is 1.78 bits per heavy atom. The van der Waals surface area contributed by atoms with Crippen molar-refractivity contribution in [1.29, 1.82) is 5.26 Å². The Balaban J connectivity index is 2.45. The van der Waals surface area contributed by atoms with Crippen LogP contribution in [0.4, 0.5) is 0 Å². The first-order chi connectivity index (χ1) is 4.18. The molecule has 0 saturated heterocycles. The summed E-state index contributed by atoms with van der Waals surface area (Å²) in [6.07, 6.45) is 1.73. The zero-order valence-electron chi connectivity index (χ0n) is 4.76. The van der Waals surface area contributed by atoms with Crippen molar-refractivity contribution in [2.75, 3.05) is 5.75 Å². The van der Waals surface area contributed by atoms with E-state index in [9.17, 15) is 4.21 Å². The maximum atomic E-state index is 10.4. The number of halogens is 1. The molecule has 1 atom stereocenters. The van der Waals surface area contributed by atoms with Crippen LogP contribution in [0.25, 0.3) is 0 Å². The first-order valence-electron chi connectivity index (χ1n) is 2.64. The average molecular weight is 164 g/mol. The topological polar surface area (TPSA) is 40.9 Å². The van der Waals surface area contributed by atoms with Crippen molar-refractivity contribution < 1.29 is 4.21 Å². The molecule has 0 aromatic rings. The largest absolute Gasteiger partial charge is 0.243 e. The fourth-order valence-electron chi connectivity index (χ4n) is 0.657. The summed E-state index contributed by atoms with van der Waals surface area (Å²) >= 11 is 0. The van der Waals surface area contributed by atoms with Gasteiger partial charge >= 0.3 is 0 Å². The second-order valence-corrected chi connectivity index (χ2v) is 4.23. The van der Waals surface area contributed by atoms with Crippen LogP contribution < -0.4 is 0 Å². The highest BCUT2D eigenvalue weighted by Crippen LogP contribution is 2.45. The van der Waals surface area contributed by atoms with E-state index in [2.05, 4.69) is 6.07 Å². The minimum absolute atomic E-state index is 0.313. The van der Waals surface area contributed by atoms with Crippen molar-refractivity contribution in [3.63, 3.8) is 0 Å². The van der Waals surface area contributed by atoms with Gasteiger partial charge in [0.05, 0.1) is 17.2 Å². The molecule has 1 aliphatic rings. The van der Waals surface area contributed by atoms with Crippen LogP contribution in [0.15, 0.2) is 0 Å². The molecule has 0 spiro atoms. The van der Waals surface area contributed by atoms with Crippen LogP contribution >= 0.6 is 10.7 Å². The molecule has 1 saturated carbocycles. The second kappa shape index (κ2) is 2.28. The fourth-order valence-corrected chi connectivity index (χ4v) is 2.07. The van der Waals surface area contributed by atoms with Gasteiger partial charge in [-0.15, -0.1) is 0 Å². The number of hydrogen-bond donors (Lipinski definition) is 0. The van der Waals surface area contributed by atoms with Gasteiger partial charge in [0.1, 0.15) is 10.0 Å². The number of nitriles is 1. The summed E-state index contributed by atoms with van der Waals surface area (Å²) < 4.78 is 10.4. The van der Waals surface area contributed by atoms with Crippen molar-refractivity contribution in [2.24, 2.45) is 5.41 Å². The molecule has 1 aliphatic carbocycles. The van der Waals surface area contributed by atoms with Gasteiger partial charge in [-0.1, -0.05) is 0 Å². The van der Waals surface area contributed by atoms with Gasteiger partial charge in [0.25, 0.3) is 0 Å². The molecule has 9 heavy (non-hydrogen) atoms. The first-order valence-corrected chi connectivity index (χ1v) is 4.79. The molecule has 0 aromatic carbocycles. The Morgan fingerprint density at radius 2 is 2.33 bits per heavy atom. The van der Waals surface area contributed by atoms with Crippen molar-refractivity contribution >= 4 is 20.7 Å². The third kappa shape index (κ3) is 1.67. The molecule has 1 rings (SSSR count).